The number of benzene rings is 2. The number of nitrogens with zero attached hydrogens (tertiary/aromatic N) is 2. The number of rotatable bonds is 5. The molecule has 0 N–H and O–H groups in total. The summed E-state index contributed by atoms with van der Waals surface area (Å²) >= 11 is 6.10. The second kappa shape index (κ2) is 6.93. The first-order valence-corrected chi connectivity index (χ1v) is 8.00. The second-order valence-electron chi connectivity index (χ2n) is 5.61. The summed E-state index contributed by atoms with van der Waals surface area (Å²) in [5.74, 6) is 0.576. The van der Waals surface area contributed by atoms with Gasteiger partial charge in [0.25, 0.3) is 0 Å². The molecule has 0 spiro atoms. The molecule has 0 saturated heterocycles. The van der Waals surface area contributed by atoms with E-state index in [0.717, 1.165) is 11.3 Å². The second-order valence-corrected chi connectivity index (χ2v) is 6.02. The lowest BCUT2D eigenvalue weighted by atomic mass is 10.1. The minimum Gasteiger partial charge on any atom is -0.491 e. The fraction of sp³-hybridized carbons (Fsp3) is 0.222. The molecule has 0 amide bonds. The Hall–Kier alpha value is -2.53. The summed E-state index contributed by atoms with van der Waals surface area (Å²) in [6.07, 6.45) is 0.537. The van der Waals surface area contributed by atoms with Crippen molar-refractivity contribution in [3.05, 3.63) is 75.6 Å². The van der Waals surface area contributed by atoms with Crippen LogP contribution in [0.3, 0.4) is 0 Å². The predicted octanol–water partition coefficient (Wildman–Crippen LogP) is 3.86. The van der Waals surface area contributed by atoms with Crippen LogP contribution in [-0.2, 0) is 6.42 Å². The fourth-order valence-electron chi connectivity index (χ4n) is 2.30. The van der Waals surface area contributed by atoms with Gasteiger partial charge in [-0.3, -0.25) is 0 Å². The number of hydrogen-bond acceptors (Lipinski definition) is 4. The molecule has 1 heterocycles. The van der Waals surface area contributed by atoms with Gasteiger partial charge in [0.05, 0.1) is 23.2 Å². The summed E-state index contributed by atoms with van der Waals surface area (Å²) in [7, 11) is 0. The summed E-state index contributed by atoms with van der Waals surface area (Å²) in [5, 5.41) is 4.67. The van der Waals surface area contributed by atoms with Crippen molar-refractivity contribution in [3.8, 4) is 11.4 Å². The summed E-state index contributed by atoms with van der Waals surface area (Å²) < 4.78 is 12.0. The number of hydrogen-bond donors (Lipinski definition) is 0. The average Bonchev–Trinajstić information content (AvgIpc) is 2.89. The third-order valence-corrected chi connectivity index (χ3v) is 3.64. The zero-order valence-electron chi connectivity index (χ0n) is 13.4. The molecule has 0 unspecified atom stereocenters. The Labute approximate surface area is 144 Å². The van der Waals surface area contributed by atoms with Crippen molar-refractivity contribution in [1.29, 1.82) is 0 Å². The molecule has 0 radical (unpaired) electrons. The van der Waals surface area contributed by atoms with Crippen LogP contribution in [0.1, 0.15) is 25.3 Å². The molecule has 0 aliphatic heterocycles. The smallest absolute Gasteiger partial charge is 0.442 e. The number of ether oxygens (including phenoxy) is 1. The van der Waals surface area contributed by atoms with Crippen LogP contribution in [0.2, 0.25) is 5.02 Å². The van der Waals surface area contributed by atoms with E-state index in [2.05, 4.69) is 5.10 Å². The standard InChI is InChI=1S/C18H17ClN2O3/c1-12(2)23-14-9-7-13(8-10-14)11-17-20-21(18(22)24-17)16-6-4-3-5-15(16)19/h3-10,12H,11H2,1-2H3. The number of aromatic nitrogens is 2. The van der Waals surface area contributed by atoms with Gasteiger partial charge < -0.3 is 9.15 Å². The zero-order valence-corrected chi connectivity index (χ0v) is 14.2. The summed E-state index contributed by atoms with van der Waals surface area (Å²) in [6, 6.07) is 14.6. The number of para-hydroxylation sites is 1. The molecule has 1 aromatic heterocycles. The molecule has 6 heteroatoms. The largest absolute Gasteiger partial charge is 0.491 e. The van der Waals surface area contributed by atoms with E-state index in [1.54, 1.807) is 24.3 Å². The Morgan fingerprint density at radius 2 is 1.88 bits per heavy atom. The number of halogens is 1. The SMILES string of the molecule is CC(C)Oc1ccc(Cc2nn(-c3ccccc3Cl)c(=O)o2)cc1. The van der Waals surface area contributed by atoms with E-state index in [0.29, 0.717) is 23.0 Å². The maximum absolute atomic E-state index is 12.0. The molecule has 0 saturated carbocycles. The lowest BCUT2D eigenvalue weighted by molar-refractivity contribution is 0.242. The molecule has 5 nitrogen and oxygen atoms in total. The van der Waals surface area contributed by atoms with Crippen LogP contribution in [0.15, 0.2) is 57.7 Å². The average molecular weight is 345 g/mol. The normalized spacial score (nSPS) is 11.0. The maximum Gasteiger partial charge on any atom is 0.442 e. The minimum atomic E-state index is -0.558. The van der Waals surface area contributed by atoms with Gasteiger partial charge in [-0.2, -0.15) is 4.68 Å². The highest BCUT2D eigenvalue weighted by molar-refractivity contribution is 6.32. The van der Waals surface area contributed by atoms with Crippen LogP contribution >= 0.6 is 11.6 Å². The van der Waals surface area contributed by atoms with Crippen molar-refractivity contribution < 1.29 is 9.15 Å². The molecule has 0 bridgehead atoms. The van der Waals surface area contributed by atoms with Crippen molar-refractivity contribution >= 4 is 11.6 Å². The van der Waals surface area contributed by atoms with Crippen molar-refractivity contribution in [2.45, 2.75) is 26.4 Å². The molecule has 2 aromatic carbocycles. The van der Waals surface area contributed by atoms with Crippen LogP contribution < -0.4 is 10.5 Å². The van der Waals surface area contributed by atoms with E-state index in [4.69, 9.17) is 20.8 Å². The molecular formula is C18H17ClN2O3. The van der Waals surface area contributed by atoms with E-state index in [9.17, 15) is 4.79 Å². The van der Waals surface area contributed by atoms with Crippen molar-refractivity contribution in [3.63, 3.8) is 0 Å². The Morgan fingerprint density at radius 1 is 1.17 bits per heavy atom. The molecule has 24 heavy (non-hydrogen) atoms. The molecule has 0 atom stereocenters. The van der Waals surface area contributed by atoms with Crippen molar-refractivity contribution in [2.75, 3.05) is 0 Å². The quantitative estimate of drug-likeness (QED) is 0.705. The zero-order chi connectivity index (χ0) is 17.1. The van der Waals surface area contributed by atoms with E-state index >= 15 is 0 Å². The van der Waals surface area contributed by atoms with Gasteiger partial charge in [0.2, 0.25) is 5.89 Å². The monoisotopic (exact) mass is 344 g/mol. The topological polar surface area (TPSA) is 57.3 Å². The highest BCUT2D eigenvalue weighted by Crippen LogP contribution is 2.19. The molecule has 0 fully saturated rings. The minimum absolute atomic E-state index is 0.125. The van der Waals surface area contributed by atoms with Gasteiger partial charge in [-0.25, -0.2) is 4.79 Å². The lowest BCUT2D eigenvalue weighted by Gasteiger charge is -2.09. The third-order valence-electron chi connectivity index (χ3n) is 3.32. The van der Waals surface area contributed by atoms with Gasteiger partial charge >= 0.3 is 5.76 Å². The molecular weight excluding hydrogens is 328 g/mol. The van der Waals surface area contributed by atoms with E-state index in [-0.39, 0.29) is 6.10 Å². The molecule has 0 aliphatic rings. The van der Waals surface area contributed by atoms with Crippen LogP contribution in [0.25, 0.3) is 5.69 Å². The summed E-state index contributed by atoms with van der Waals surface area (Å²) in [6.45, 7) is 3.95. The molecule has 3 aromatic rings. The van der Waals surface area contributed by atoms with Gasteiger partial charge in [0.1, 0.15) is 5.75 Å². The third kappa shape index (κ3) is 3.68. The van der Waals surface area contributed by atoms with E-state index in [1.165, 1.54) is 4.68 Å². The van der Waals surface area contributed by atoms with Crippen LogP contribution in [0.4, 0.5) is 0 Å². The lowest BCUT2D eigenvalue weighted by Crippen LogP contribution is -2.13. The van der Waals surface area contributed by atoms with Gasteiger partial charge in [-0.15, -0.1) is 5.10 Å². The van der Waals surface area contributed by atoms with Gasteiger partial charge in [-0.1, -0.05) is 35.9 Å². The Bertz CT molecular complexity index is 882. The highest BCUT2D eigenvalue weighted by Gasteiger charge is 2.12. The maximum atomic E-state index is 12.0. The first-order chi connectivity index (χ1) is 11.5. The molecule has 124 valence electrons. The van der Waals surface area contributed by atoms with E-state index < -0.39 is 5.76 Å². The van der Waals surface area contributed by atoms with Gasteiger partial charge in [-0.05, 0) is 43.7 Å². The fourth-order valence-corrected chi connectivity index (χ4v) is 2.51. The molecule has 0 aliphatic carbocycles. The van der Waals surface area contributed by atoms with Crippen LogP contribution in [0.5, 0.6) is 5.75 Å². The summed E-state index contributed by atoms with van der Waals surface area (Å²) in [4.78, 5) is 12.0. The first-order valence-electron chi connectivity index (χ1n) is 7.62. The molecule has 3 rings (SSSR count). The predicted molar refractivity (Wildman–Crippen MR) is 92.1 cm³/mol. The van der Waals surface area contributed by atoms with Gasteiger partial charge in [0, 0.05) is 0 Å². The Morgan fingerprint density at radius 3 is 2.54 bits per heavy atom. The van der Waals surface area contributed by atoms with Crippen molar-refractivity contribution in [2.24, 2.45) is 0 Å². The first kappa shape index (κ1) is 16.3. The van der Waals surface area contributed by atoms with Gasteiger partial charge in [0.15, 0.2) is 0 Å². The Balaban J connectivity index is 1.81. The van der Waals surface area contributed by atoms with E-state index in [1.807, 2.05) is 38.1 Å². The van der Waals surface area contributed by atoms with Crippen LogP contribution in [-0.4, -0.2) is 15.9 Å². The van der Waals surface area contributed by atoms with Crippen molar-refractivity contribution in [1.82, 2.24) is 9.78 Å². The summed E-state index contributed by atoms with van der Waals surface area (Å²) in [5.41, 5.74) is 1.47. The Kier molecular flexibility index (Phi) is 4.71. The van der Waals surface area contributed by atoms with Crippen LogP contribution in [0, 0.1) is 0 Å². The highest BCUT2D eigenvalue weighted by atomic mass is 35.5.